The predicted molar refractivity (Wildman–Crippen MR) is 37.3 cm³/mol. The van der Waals surface area contributed by atoms with Crippen LogP contribution in [0.1, 0.15) is 10.4 Å². The summed E-state index contributed by atoms with van der Waals surface area (Å²) in [5, 5.41) is 0. The Kier molecular flexibility index (Phi) is 2.11. The number of aldehydes is 1. The van der Waals surface area contributed by atoms with Crippen LogP contribution >= 0.6 is 15.9 Å². The van der Waals surface area contributed by atoms with Crippen LogP contribution in [0.25, 0.3) is 0 Å². The molecule has 0 radical (unpaired) electrons. The van der Waals surface area contributed by atoms with Crippen LogP contribution in [0.2, 0.25) is 0 Å². The topological polar surface area (TPSA) is 30.0 Å². The minimum atomic E-state index is -0.746. The second-order valence-corrected chi connectivity index (χ2v) is 2.44. The van der Waals surface area contributed by atoms with Gasteiger partial charge in [-0.15, -0.1) is 0 Å². The highest BCUT2D eigenvalue weighted by Gasteiger charge is 2.00. The lowest BCUT2D eigenvalue weighted by Crippen LogP contribution is -1.90. The van der Waals surface area contributed by atoms with E-state index in [9.17, 15) is 9.18 Å². The molecule has 0 aliphatic rings. The third kappa shape index (κ3) is 1.39. The van der Waals surface area contributed by atoms with Gasteiger partial charge in [0, 0.05) is 0 Å². The van der Waals surface area contributed by atoms with Gasteiger partial charge in [-0.05, 0) is 28.1 Å². The van der Waals surface area contributed by atoms with Crippen molar-refractivity contribution in [3.63, 3.8) is 0 Å². The van der Waals surface area contributed by atoms with Crippen molar-refractivity contribution in [2.24, 2.45) is 0 Å². The molecule has 4 heteroatoms. The lowest BCUT2D eigenvalue weighted by Gasteiger charge is -1.91. The van der Waals surface area contributed by atoms with Gasteiger partial charge in [-0.3, -0.25) is 4.79 Å². The Morgan fingerprint density at radius 3 is 2.80 bits per heavy atom. The Morgan fingerprint density at radius 2 is 2.30 bits per heavy atom. The molecule has 1 heterocycles. The summed E-state index contributed by atoms with van der Waals surface area (Å²) in [4.78, 5) is 13.4. The summed E-state index contributed by atoms with van der Waals surface area (Å²) in [5.74, 6) is -0.746. The number of nitrogens with zero attached hydrogens (tertiary/aromatic N) is 1. The third-order valence-corrected chi connectivity index (χ3v) is 1.41. The van der Waals surface area contributed by atoms with Crippen molar-refractivity contribution >= 4 is 22.2 Å². The molecule has 0 bridgehead atoms. The number of rotatable bonds is 1. The molecule has 0 saturated carbocycles. The van der Waals surface area contributed by atoms with Crippen molar-refractivity contribution in [1.82, 2.24) is 4.98 Å². The van der Waals surface area contributed by atoms with Crippen LogP contribution < -0.4 is 0 Å². The van der Waals surface area contributed by atoms with Crippen LogP contribution in [0.5, 0.6) is 0 Å². The average molecular weight is 204 g/mol. The first-order valence-corrected chi connectivity index (χ1v) is 3.30. The molecular formula is C6H3BrFNO. The van der Waals surface area contributed by atoms with Crippen molar-refractivity contribution in [3.8, 4) is 0 Å². The smallest absolute Gasteiger partial charge is 0.224 e. The first kappa shape index (κ1) is 7.34. The number of halogens is 2. The van der Waals surface area contributed by atoms with Crippen molar-refractivity contribution < 1.29 is 9.18 Å². The summed E-state index contributed by atoms with van der Waals surface area (Å²) < 4.78 is 12.9. The number of carbonyl (C=O) groups excluding carboxylic acids is 1. The summed E-state index contributed by atoms with van der Waals surface area (Å²) in [7, 11) is 0. The van der Waals surface area contributed by atoms with Crippen molar-refractivity contribution in [1.29, 1.82) is 0 Å². The van der Waals surface area contributed by atoms with E-state index in [-0.39, 0.29) is 5.56 Å². The Hall–Kier alpha value is -0.770. The Balaban J connectivity index is 3.19. The molecule has 10 heavy (non-hydrogen) atoms. The molecule has 1 rings (SSSR count). The number of hydrogen-bond donors (Lipinski definition) is 0. The molecule has 0 fully saturated rings. The molecule has 0 aromatic carbocycles. The van der Waals surface area contributed by atoms with Gasteiger partial charge in [0.05, 0.1) is 5.56 Å². The van der Waals surface area contributed by atoms with E-state index in [1.54, 1.807) is 0 Å². The van der Waals surface area contributed by atoms with Crippen LogP contribution in [-0.4, -0.2) is 11.3 Å². The second-order valence-electron chi connectivity index (χ2n) is 1.63. The van der Waals surface area contributed by atoms with Gasteiger partial charge in [-0.2, -0.15) is 4.39 Å². The summed E-state index contributed by atoms with van der Waals surface area (Å²) in [5.41, 5.74) is -0.0248. The largest absolute Gasteiger partial charge is 0.298 e. The Morgan fingerprint density at radius 1 is 1.60 bits per heavy atom. The monoisotopic (exact) mass is 203 g/mol. The highest BCUT2D eigenvalue weighted by Crippen LogP contribution is 2.08. The fourth-order valence-corrected chi connectivity index (χ4v) is 0.799. The zero-order valence-corrected chi connectivity index (χ0v) is 6.43. The van der Waals surface area contributed by atoms with Crippen LogP contribution in [-0.2, 0) is 0 Å². The quantitative estimate of drug-likeness (QED) is 0.515. The van der Waals surface area contributed by atoms with Gasteiger partial charge >= 0.3 is 0 Å². The molecule has 0 aliphatic carbocycles. The third-order valence-electron chi connectivity index (χ3n) is 0.971. The molecular weight excluding hydrogens is 201 g/mol. The highest BCUT2D eigenvalue weighted by atomic mass is 79.9. The number of hydrogen-bond acceptors (Lipinski definition) is 2. The van der Waals surface area contributed by atoms with E-state index in [1.807, 2.05) is 0 Å². The van der Waals surface area contributed by atoms with E-state index in [1.165, 1.54) is 12.1 Å². The summed E-state index contributed by atoms with van der Waals surface area (Å²) >= 11 is 2.96. The van der Waals surface area contributed by atoms with Crippen LogP contribution in [0.4, 0.5) is 4.39 Å². The van der Waals surface area contributed by atoms with E-state index in [4.69, 9.17) is 0 Å². The molecule has 0 amide bonds. The molecule has 0 atom stereocenters. The van der Waals surface area contributed by atoms with E-state index < -0.39 is 5.95 Å². The lowest BCUT2D eigenvalue weighted by atomic mass is 10.3. The minimum absolute atomic E-state index is 0.0248. The molecule has 52 valence electrons. The summed E-state index contributed by atoms with van der Waals surface area (Å²) in [6.45, 7) is 0. The molecule has 1 aromatic rings. The first-order valence-electron chi connectivity index (χ1n) is 2.51. The maximum absolute atomic E-state index is 12.5. The van der Waals surface area contributed by atoms with E-state index >= 15 is 0 Å². The van der Waals surface area contributed by atoms with Crippen LogP contribution in [0, 0.1) is 5.95 Å². The zero-order chi connectivity index (χ0) is 7.56. The molecule has 0 saturated heterocycles. The normalized spacial score (nSPS) is 9.40. The number of aromatic nitrogens is 1. The molecule has 0 N–H and O–H groups in total. The van der Waals surface area contributed by atoms with Gasteiger partial charge < -0.3 is 0 Å². The number of carbonyl (C=O) groups is 1. The van der Waals surface area contributed by atoms with Gasteiger partial charge in [-0.25, -0.2) is 4.98 Å². The maximum Gasteiger partial charge on any atom is 0.224 e. The van der Waals surface area contributed by atoms with E-state index in [0.717, 1.165) is 0 Å². The van der Waals surface area contributed by atoms with Crippen molar-refractivity contribution in [2.45, 2.75) is 0 Å². The van der Waals surface area contributed by atoms with Gasteiger partial charge in [0.15, 0.2) is 6.29 Å². The molecule has 1 aromatic heterocycles. The molecule has 0 aliphatic heterocycles. The second kappa shape index (κ2) is 2.88. The van der Waals surface area contributed by atoms with Gasteiger partial charge in [-0.1, -0.05) is 0 Å². The summed E-state index contributed by atoms with van der Waals surface area (Å²) in [6, 6.07) is 2.87. The standard InChI is InChI=1S/C6H3BrFNO/c7-5-2-1-4(3-10)6(8)9-5/h1-3H. The first-order chi connectivity index (χ1) is 4.74. The van der Waals surface area contributed by atoms with E-state index in [2.05, 4.69) is 20.9 Å². The van der Waals surface area contributed by atoms with Gasteiger partial charge in [0.25, 0.3) is 0 Å². The lowest BCUT2D eigenvalue weighted by molar-refractivity contribution is 0.111. The van der Waals surface area contributed by atoms with E-state index in [0.29, 0.717) is 10.9 Å². The van der Waals surface area contributed by atoms with Crippen molar-refractivity contribution in [3.05, 3.63) is 28.2 Å². The molecule has 2 nitrogen and oxygen atoms in total. The van der Waals surface area contributed by atoms with Crippen molar-refractivity contribution in [2.75, 3.05) is 0 Å². The molecule has 0 unspecified atom stereocenters. The Labute approximate surface area is 65.2 Å². The minimum Gasteiger partial charge on any atom is -0.298 e. The van der Waals surface area contributed by atoms with Gasteiger partial charge in [0.2, 0.25) is 5.95 Å². The fourth-order valence-electron chi connectivity index (χ4n) is 0.511. The Bertz CT molecular complexity index is 264. The number of pyridine rings is 1. The predicted octanol–water partition coefficient (Wildman–Crippen LogP) is 1.80. The van der Waals surface area contributed by atoms with Crippen LogP contribution in [0.15, 0.2) is 16.7 Å². The highest BCUT2D eigenvalue weighted by molar-refractivity contribution is 9.10. The molecule has 0 spiro atoms. The zero-order valence-electron chi connectivity index (χ0n) is 4.84. The van der Waals surface area contributed by atoms with Crippen LogP contribution in [0.3, 0.4) is 0 Å². The fraction of sp³-hybridized carbons (Fsp3) is 0. The summed E-state index contributed by atoms with van der Waals surface area (Å²) in [6.07, 6.45) is 0.425. The maximum atomic E-state index is 12.5. The SMILES string of the molecule is O=Cc1ccc(Br)nc1F. The average Bonchev–Trinajstić information content (AvgIpc) is 1.88. The van der Waals surface area contributed by atoms with Gasteiger partial charge in [0.1, 0.15) is 4.60 Å².